The Morgan fingerprint density at radius 3 is 2.34 bits per heavy atom. The van der Waals surface area contributed by atoms with Crippen LogP contribution in [0.1, 0.15) is 32.9 Å². The van der Waals surface area contributed by atoms with Gasteiger partial charge in [0.05, 0.1) is 26.0 Å². The van der Waals surface area contributed by atoms with Gasteiger partial charge in [0.25, 0.3) is 0 Å². The minimum absolute atomic E-state index is 0.00567. The Morgan fingerprint density at radius 1 is 1.04 bits per heavy atom. The second-order valence-electron chi connectivity index (χ2n) is 12.3. The Hall–Kier alpha value is -3.01. The average molecular weight is 884 g/mol. The number of hydrogen-bond acceptors (Lipinski definition) is 20. The number of rotatable bonds is 22. The van der Waals surface area contributed by atoms with E-state index in [1.807, 2.05) is 0 Å². The molecular weight excluding hydrogens is 843 g/mol. The number of aliphatic hydroxyl groups is 3. The lowest BCUT2D eigenvalue weighted by Gasteiger charge is -2.30. The molecule has 2 unspecified atom stereocenters. The van der Waals surface area contributed by atoms with Gasteiger partial charge in [-0.05, 0) is 0 Å². The molecule has 0 aromatic carbocycles. The van der Waals surface area contributed by atoms with Gasteiger partial charge in [0.2, 0.25) is 11.8 Å². The number of carbonyl (C=O) groups is 4. The van der Waals surface area contributed by atoms with Gasteiger partial charge in [-0.3, -0.25) is 32.5 Å². The van der Waals surface area contributed by atoms with E-state index in [0.29, 0.717) is 11.8 Å². The Morgan fingerprint density at radius 2 is 1.70 bits per heavy atom. The third-order valence-corrected chi connectivity index (χ3v) is 11.4. The zero-order valence-electron chi connectivity index (χ0n) is 29.2. The van der Waals surface area contributed by atoms with Crippen molar-refractivity contribution in [1.82, 2.24) is 30.2 Å². The highest BCUT2D eigenvalue weighted by Gasteiger charge is 2.50. The number of imidazole rings is 1. The van der Waals surface area contributed by atoms with E-state index in [2.05, 4.69) is 34.4 Å². The van der Waals surface area contributed by atoms with Gasteiger partial charge < -0.3 is 61.1 Å². The predicted octanol–water partition coefficient (Wildman–Crippen LogP) is -2.50. The summed E-state index contributed by atoms with van der Waals surface area (Å²) in [4.78, 5) is 97.5. The van der Waals surface area contributed by atoms with E-state index in [-0.39, 0.29) is 42.2 Å². The Labute approximate surface area is 319 Å². The van der Waals surface area contributed by atoms with Crippen LogP contribution in [0.25, 0.3) is 11.2 Å². The summed E-state index contributed by atoms with van der Waals surface area (Å²) in [5.74, 6) is -3.15. The predicted molar refractivity (Wildman–Crippen MR) is 185 cm³/mol. The quantitative estimate of drug-likeness (QED) is 0.0430. The molecule has 2 aromatic rings. The largest absolute Gasteiger partial charge is 0.481 e. The number of aliphatic carboxylic acids is 1. The van der Waals surface area contributed by atoms with Crippen LogP contribution < -0.4 is 16.4 Å². The van der Waals surface area contributed by atoms with E-state index in [1.54, 1.807) is 0 Å². The first-order valence-corrected chi connectivity index (χ1v) is 21.3. The second kappa shape index (κ2) is 19.6. The van der Waals surface area contributed by atoms with Crippen LogP contribution in [0.3, 0.4) is 0 Å². The number of carboxylic acids is 1. The van der Waals surface area contributed by atoms with Gasteiger partial charge in [0.15, 0.2) is 28.9 Å². The number of aliphatic hydroxyl groups excluding tert-OH is 3. The number of amides is 2. The molecule has 27 nitrogen and oxygen atoms in total. The van der Waals surface area contributed by atoms with Crippen molar-refractivity contribution in [3.63, 3.8) is 0 Å². The van der Waals surface area contributed by atoms with Crippen LogP contribution in [0, 0.1) is 5.41 Å². The molecule has 1 fully saturated rings. The molecule has 316 valence electrons. The first-order valence-electron chi connectivity index (χ1n) is 15.8. The van der Waals surface area contributed by atoms with E-state index < -0.39 is 108 Å². The molecule has 0 bridgehead atoms. The molecule has 3 rings (SSSR count). The van der Waals surface area contributed by atoms with Crippen molar-refractivity contribution in [3.05, 3.63) is 12.7 Å². The molecule has 56 heavy (non-hydrogen) atoms. The highest BCUT2D eigenvalue weighted by molar-refractivity contribution is 8.13. The van der Waals surface area contributed by atoms with Crippen LogP contribution >= 0.6 is 35.2 Å². The fourth-order valence-corrected chi connectivity index (χ4v) is 8.14. The SMILES string of the molecule is CC(C)(COP(=O)(O)OP(=O)(O)OC[C@H]1O[C@@H](n2cnc3c(N)ncnc32)[C@H](O)[C@@H]1OP(=O)(O)O)[C@@H](O)C(=O)NCCC(=O)NCCSC(=O)C[C@H](O)C(=O)O. The molecule has 2 aromatic heterocycles. The zero-order chi connectivity index (χ0) is 42.2. The summed E-state index contributed by atoms with van der Waals surface area (Å²) in [7, 11) is -16.5. The zero-order valence-corrected chi connectivity index (χ0v) is 32.7. The van der Waals surface area contributed by atoms with Crippen molar-refractivity contribution in [2.75, 3.05) is 37.8 Å². The molecule has 0 aliphatic carbocycles. The van der Waals surface area contributed by atoms with E-state index >= 15 is 0 Å². The van der Waals surface area contributed by atoms with Gasteiger partial charge in [0.1, 0.15) is 36.3 Å². The summed E-state index contributed by atoms with van der Waals surface area (Å²) in [6, 6.07) is 0. The molecule has 1 aliphatic heterocycles. The third-order valence-electron chi connectivity index (χ3n) is 7.41. The summed E-state index contributed by atoms with van der Waals surface area (Å²) in [5, 5.41) is 43.2. The lowest BCUT2D eigenvalue weighted by molar-refractivity contribution is -0.148. The summed E-state index contributed by atoms with van der Waals surface area (Å²) in [5.41, 5.74) is 4.17. The number of anilines is 1. The molecule has 12 N–H and O–H groups in total. The van der Waals surface area contributed by atoms with Gasteiger partial charge in [-0.1, -0.05) is 25.6 Å². The maximum Gasteiger partial charge on any atom is 0.481 e. The number of thioether (sulfide) groups is 1. The molecule has 31 heteroatoms. The van der Waals surface area contributed by atoms with Crippen molar-refractivity contribution in [1.29, 1.82) is 0 Å². The topological polar surface area (TPSA) is 421 Å². The van der Waals surface area contributed by atoms with E-state index in [1.165, 1.54) is 13.8 Å². The van der Waals surface area contributed by atoms with Crippen molar-refractivity contribution >= 4 is 75.1 Å². The summed E-state index contributed by atoms with van der Waals surface area (Å²) < 4.78 is 61.9. The molecule has 1 saturated heterocycles. The average Bonchev–Trinajstić information content (AvgIpc) is 3.64. The maximum atomic E-state index is 12.6. The van der Waals surface area contributed by atoms with Crippen molar-refractivity contribution < 1.29 is 95.5 Å². The molecule has 3 heterocycles. The van der Waals surface area contributed by atoms with E-state index in [4.69, 9.17) is 29.7 Å². The van der Waals surface area contributed by atoms with Crippen molar-refractivity contribution in [2.24, 2.45) is 5.41 Å². The van der Waals surface area contributed by atoms with Gasteiger partial charge in [-0.15, -0.1) is 0 Å². The smallest absolute Gasteiger partial charge is 0.479 e. The number of carboxylic acid groups (broad SMARTS) is 1. The highest BCUT2D eigenvalue weighted by atomic mass is 32.2. The second-order valence-corrected chi connectivity index (χ2v) is 17.7. The lowest BCUT2D eigenvalue weighted by Crippen LogP contribution is -2.46. The van der Waals surface area contributed by atoms with Crippen LogP contribution in [0.2, 0.25) is 0 Å². The molecule has 8 atom stereocenters. The minimum Gasteiger partial charge on any atom is -0.479 e. The van der Waals surface area contributed by atoms with Crippen molar-refractivity contribution in [3.8, 4) is 0 Å². The number of nitrogens with zero attached hydrogens (tertiary/aromatic N) is 4. The number of ether oxygens (including phenoxy) is 1. The van der Waals surface area contributed by atoms with Crippen LogP contribution in [0.15, 0.2) is 12.7 Å². The molecular formula is C25H40N7O20P3S. The lowest BCUT2D eigenvalue weighted by atomic mass is 9.87. The summed E-state index contributed by atoms with van der Waals surface area (Å²) in [6.45, 7) is 0.0347. The number of nitrogens with one attached hydrogen (secondary N) is 2. The van der Waals surface area contributed by atoms with Gasteiger partial charge in [-0.25, -0.2) is 33.4 Å². The summed E-state index contributed by atoms with van der Waals surface area (Å²) in [6.07, 6.45) is -9.65. The molecule has 0 spiro atoms. The number of hydrogen-bond donors (Lipinski definition) is 11. The van der Waals surface area contributed by atoms with Crippen LogP contribution in [0.4, 0.5) is 5.82 Å². The van der Waals surface area contributed by atoms with Crippen LogP contribution in [-0.2, 0) is 55.5 Å². The van der Waals surface area contributed by atoms with Gasteiger partial charge >= 0.3 is 29.4 Å². The van der Waals surface area contributed by atoms with Crippen molar-refractivity contribution in [2.45, 2.75) is 63.4 Å². The normalized spacial score (nSPS) is 22.2. The first kappa shape index (κ1) is 47.4. The Balaban J connectivity index is 1.48. The van der Waals surface area contributed by atoms with E-state index in [9.17, 15) is 62.7 Å². The number of nitrogens with two attached hydrogens (primary N) is 1. The standard InChI is InChI=1S/C25H40N7O20P3S/c1-25(2,19(37)22(38)28-4-3-14(34)27-5-6-56-15(35)7-12(33)24(39)40)9-49-55(46,47)52-54(44,45)48-8-13-18(51-53(41,42)43)17(36)23(50-13)32-11-31-16-20(26)29-10-30-21(16)32/h10-13,17-19,23,33,36-37H,3-9H2,1-2H3,(H,27,34)(H,28,38)(H,39,40)(H,44,45)(H,46,47)(H2,26,29,30)(H2,41,42,43)/t12-,13+,17+,18+,19-,23+/m0/s1. The number of aromatic nitrogens is 4. The van der Waals surface area contributed by atoms with Gasteiger partial charge in [0, 0.05) is 30.7 Å². The number of carbonyl (C=O) groups excluding carboxylic acids is 3. The summed E-state index contributed by atoms with van der Waals surface area (Å²) >= 11 is 0.693. The van der Waals surface area contributed by atoms with Crippen LogP contribution in [0.5, 0.6) is 0 Å². The van der Waals surface area contributed by atoms with Gasteiger partial charge in [-0.2, -0.15) is 4.31 Å². The fourth-order valence-electron chi connectivity index (χ4n) is 4.60. The minimum atomic E-state index is -5.60. The number of phosphoric acid groups is 3. The molecule has 0 radical (unpaired) electrons. The Bertz CT molecular complexity index is 1880. The molecule has 2 amide bonds. The number of fused-ring (bicyclic) bond motifs is 1. The highest BCUT2D eigenvalue weighted by Crippen LogP contribution is 2.61. The fraction of sp³-hybridized carbons (Fsp3) is 0.640. The van der Waals surface area contributed by atoms with Crippen LogP contribution in [-0.4, -0.2) is 145 Å². The Kier molecular flexibility index (Phi) is 16.6. The first-order chi connectivity index (χ1) is 25.8. The number of phosphoric ester groups is 3. The monoisotopic (exact) mass is 883 g/mol. The van der Waals surface area contributed by atoms with E-state index in [0.717, 1.165) is 17.2 Å². The number of nitrogen functional groups attached to an aromatic ring is 1. The molecule has 0 saturated carbocycles. The third kappa shape index (κ3) is 14.1. The maximum absolute atomic E-state index is 12.6. The molecule has 1 aliphatic rings.